The van der Waals surface area contributed by atoms with Gasteiger partial charge in [-0.1, -0.05) is 6.92 Å². The highest BCUT2D eigenvalue weighted by atomic mass is 16.6. The van der Waals surface area contributed by atoms with Crippen LogP contribution < -0.4 is 0 Å². The average Bonchev–Trinajstić information content (AvgIpc) is 2.09. The minimum absolute atomic E-state index is 0.151. The molecule has 0 aliphatic carbocycles. The van der Waals surface area contributed by atoms with Crippen LogP contribution in [0.1, 0.15) is 33.6 Å². The van der Waals surface area contributed by atoms with Gasteiger partial charge in [0.2, 0.25) is 0 Å². The van der Waals surface area contributed by atoms with E-state index in [0.29, 0.717) is 18.6 Å². The van der Waals surface area contributed by atoms with Gasteiger partial charge in [-0.15, -0.1) is 0 Å². The van der Waals surface area contributed by atoms with Gasteiger partial charge in [0.1, 0.15) is 0 Å². The van der Waals surface area contributed by atoms with Gasteiger partial charge < -0.3 is 9.64 Å². The summed E-state index contributed by atoms with van der Waals surface area (Å²) < 4.78 is 4.99. The highest BCUT2D eigenvalue weighted by Gasteiger charge is 2.27. The number of likely N-dealkylation sites (tertiary alicyclic amines) is 1. The maximum absolute atomic E-state index is 11.5. The van der Waals surface area contributed by atoms with Crippen LogP contribution in [-0.4, -0.2) is 30.2 Å². The van der Waals surface area contributed by atoms with Crippen LogP contribution in [0, 0.1) is 5.92 Å². The second kappa shape index (κ2) is 4.49. The number of carbonyl (C=O) groups is 1. The van der Waals surface area contributed by atoms with Gasteiger partial charge in [-0.25, -0.2) is 4.79 Å². The van der Waals surface area contributed by atoms with Crippen molar-refractivity contribution in [1.29, 1.82) is 0 Å². The summed E-state index contributed by atoms with van der Waals surface area (Å²) in [5.41, 5.74) is 0. The third-order valence-corrected chi connectivity index (χ3v) is 2.62. The van der Waals surface area contributed by atoms with Crippen LogP contribution in [0.25, 0.3) is 0 Å². The minimum atomic E-state index is -0.151. The normalized spacial score (nSPS) is 28.7. The lowest BCUT2D eigenvalue weighted by Crippen LogP contribution is -2.45. The molecule has 3 heteroatoms. The highest BCUT2D eigenvalue weighted by molar-refractivity contribution is 5.68. The summed E-state index contributed by atoms with van der Waals surface area (Å²) in [7, 11) is 0. The quantitative estimate of drug-likeness (QED) is 0.627. The predicted octanol–water partition coefficient (Wildman–Crippen LogP) is 2.26. The summed E-state index contributed by atoms with van der Waals surface area (Å²) >= 11 is 0. The number of amides is 1. The lowest BCUT2D eigenvalue weighted by Gasteiger charge is -2.35. The van der Waals surface area contributed by atoms with E-state index in [1.165, 1.54) is 6.42 Å². The van der Waals surface area contributed by atoms with Crippen LogP contribution in [0.4, 0.5) is 4.79 Å². The lowest BCUT2D eigenvalue weighted by atomic mass is 9.96. The number of hydrogen-bond donors (Lipinski definition) is 0. The summed E-state index contributed by atoms with van der Waals surface area (Å²) in [6.45, 7) is 7.42. The first-order chi connectivity index (χ1) is 6.15. The van der Waals surface area contributed by atoms with Crippen LogP contribution in [0.2, 0.25) is 0 Å². The van der Waals surface area contributed by atoms with Crippen molar-refractivity contribution in [2.75, 3.05) is 13.2 Å². The molecule has 0 saturated carbocycles. The van der Waals surface area contributed by atoms with Crippen LogP contribution in [-0.2, 0) is 4.74 Å². The van der Waals surface area contributed by atoms with Crippen molar-refractivity contribution < 1.29 is 9.53 Å². The van der Waals surface area contributed by atoms with E-state index in [4.69, 9.17) is 4.74 Å². The Balaban J connectivity index is 2.50. The Morgan fingerprint density at radius 1 is 1.46 bits per heavy atom. The maximum atomic E-state index is 11.5. The summed E-state index contributed by atoms with van der Waals surface area (Å²) in [6, 6.07) is 0.343. The van der Waals surface area contributed by atoms with E-state index in [0.717, 1.165) is 13.0 Å². The Morgan fingerprint density at radius 3 is 2.77 bits per heavy atom. The van der Waals surface area contributed by atoms with Gasteiger partial charge in [0, 0.05) is 12.6 Å². The van der Waals surface area contributed by atoms with Gasteiger partial charge in [0.05, 0.1) is 6.61 Å². The van der Waals surface area contributed by atoms with E-state index >= 15 is 0 Å². The van der Waals surface area contributed by atoms with Crippen molar-refractivity contribution in [3.8, 4) is 0 Å². The van der Waals surface area contributed by atoms with Gasteiger partial charge >= 0.3 is 6.09 Å². The standard InChI is InChI=1S/C10H19NO2/c1-4-13-10(12)11-7-8(2)5-6-9(11)3/h8-9H,4-7H2,1-3H3. The first kappa shape index (κ1) is 10.4. The van der Waals surface area contributed by atoms with Gasteiger partial charge in [-0.05, 0) is 32.6 Å². The van der Waals surface area contributed by atoms with E-state index in [2.05, 4.69) is 13.8 Å². The lowest BCUT2D eigenvalue weighted by molar-refractivity contribution is 0.0693. The number of hydrogen-bond acceptors (Lipinski definition) is 2. The topological polar surface area (TPSA) is 29.5 Å². The second-order valence-corrected chi connectivity index (χ2v) is 3.88. The zero-order chi connectivity index (χ0) is 9.84. The van der Waals surface area contributed by atoms with E-state index in [9.17, 15) is 4.79 Å². The molecule has 1 fully saturated rings. The molecule has 0 aromatic heterocycles. The van der Waals surface area contributed by atoms with Gasteiger partial charge in [-0.2, -0.15) is 0 Å². The van der Waals surface area contributed by atoms with Crippen LogP contribution in [0.5, 0.6) is 0 Å². The molecule has 2 atom stereocenters. The van der Waals surface area contributed by atoms with Crippen molar-refractivity contribution in [2.24, 2.45) is 5.92 Å². The molecule has 0 N–H and O–H groups in total. The Morgan fingerprint density at radius 2 is 2.15 bits per heavy atom. The number of nitrogens with zero attached hydrogens (tertiary/aromatic N) is 1. The first-order valence-electron chi connectivity index (χ1n) is 5.08. The fraction of sp³-hybridized carbons (Fsp3) is 0.900. The Bertz CT molecular complexity index is 182. The van der Waals surface area contributed by atoms with E-state index in [1.54, 1.807) is 0 Å². The molecule has 1 rings (SSSR count). The number of carbonyl (C=O) groups excluding carboxylic acids is 1. The summed E-state index contributed by atoms with van der Waals surface area (Å²) in [6.07, 6.45) is 2.17. The zero-order valence-electron chi connectivity index (χ0n) is 8.75. The molecule has 76 valence electrons. The van der Waals surface area contributed by atoms with Crippen LogP contribution in [0.15, 0.2) is 0 Å². The summed E-state index contributed by atoms with van der Waals surface area (Å²) in [5.74, 6) is 0.612. The van der Waals surface area contributed by atoms with E-state index in [-0.39, 0.29) is 6.09 Å². The number of ether oxygens (including phenoxy) is 1. The number of piperidine rings is 1. The molecule has 1 amide bonds. The smallest absolute Gasteiger partial charge is 0.409 e. The van der Waals surface area contributed by atoms with Crippen LogP contribution >= 0.6 is 0 Å². The molecule has 0 bridgehead atoms. The van der Waals surface area contributed by atoms with Crippen molar-refractivity contribution in [3.05, 3.63) is 0 Å². The zero-order valence-corrected chi connectivity index (χ0v) is 8.75. The van der Waals surface area contributed by atoms with E-state index in [1.807, 2.05) is 11.8 Å². The van der Waals surface area contributed by atoms with Crippen LogP contribution in [0.3, 0.4) is 0 Å². The molecule has 13 heavy (non-hydrogen) atoms. The SMILES string of the molecule is CCOC(=O)N1CC(C)CCC1C. The molecule has 1 aliphatic rings. The molecule has 1 aliphatic heterocycles. The Labute approximate surface area is 80.1 Å². The molecule has 1 saturated heterocycles. The largest absolute Gasteiger partial charge is 0.450 e. The molecule has 0 radical (unpaired) electrons. The minimum Gasteiger partial charge on any atom is -0.450 e. The molecule has 3 nitrogen and oxygen atoms in total. The van der Waals surface area contributed by atoms with E-state index < -0.39 is 0 Å². The molecule has 0 aromatic rings. The second-order valence-electron chi connectivity index (χ2n) is 3.88. The molecular weight excluding hydrogens is 166 g/mol. The maximum Gasteiger partial charge on any atom is 0.409 e. The fourth-order valence-electron chi connectivity index (χ4n) is 1.75. The Kier molecular flexibility index (Phi) is 3.58. The summed E-state index contributed by atoms with van der Waals surface area (Å²) in [4.78, 5) is 13.3. The molecule has 0 spiro atoms. The average molecular weight is 185 g/mol. The third-order valence-electron chi connectivity index (χ3n) is 2.62. The third kappa shape index (κ3) is 2.61. The van der Waals surface area contributed by atoms with Crippen molar-refractivity contribution >= 4 is 6.09 Å². The van der Waals surface area contributed by atoms with Crippen molar-refractivity contribution in [3.63, 3.8) is 0 Å². The molecule has 1 heterocycles. The molecule has 0 aromatic carbocycles. The van der Waals surface area contributed by atoms with Gasteiger partial charge in [0.15, 0.2) is 0 Å². The highest BCUT2D eigenvalue weighted by Crippen LogP contribution is 2.21. The molecule has 2 unspecified atom stereocenters. The fourth-order valence-corrected chi connectivity index (χ4v) is 1.75. The Hall–Kier alpha value is -0.730. The molecular formula is C10H19NO2. The number of rotatable bonds is 1. The monoisotopic (exact) mass is 185 g/mol. The van der Waals surface area contributed by atoms with Crippen molar-refractivity contribution in [2.45, 2.75) is 39.7 Å². The predicted molar refractivity (Wildman–Crippen MR) is 51.6 cm³/mol. The van der Waals surface area contributed by atoms with Gasteiger partial charge in [0.25, 0.3) is 0 Å². The summed E-state index contributed by atoms with van der Waals surface area (Å²) in [5, 5.41) is 0. The van der Waals surface area contributed by atoms with Gasteiger partial charge in [-0.3, -0.25) is 0 Å². The van der Waals surface area contributed by atoms with Crippen molar-refractivity contribution in [1.82, 2.24) is 4.90 Å². The first-order valence-corrected chi connectivity index (χ1v) is 5.08.